The molecule has 1 aliphatic rings. The monoisotopic (exact) mass is 149 g/mol. The summed E-state index contributed by atoms with van der Waals surface area (Å²) >= 11 is 2.21. The number of carbonyl (C=O) groups excluding carboxylic acids is 1. The van der Waals surface area contributed by atoms with Crippen molar-refractivity contribution in [2.45, 2.75) is 0 Å². The molecule has 0 bridgehead atoms. The summed E-state index contributed by atoms with van der Waals surface area (Å²) in [5.41, 5.74) is 0. The van der Waals surface area contributed by atoms with E-state index >= 15 is 0 Å². The van der Waals surface area contributed by atoms with Crippen LogP contribution in [0.25, 0.3) is 0 Å². The van der Waals surface area contributed by atoms with Crippen molar-refractivity contribution >= 4 is 10.3 Å². The van der Waals surface area contributed by atoms with Gasteiger partial charge in [-0.25, -0.2) is 0 Å². The van der Waals surface area contributed by atoms with E-state index in [4.69, 9.17) is 0 Å². The first kappa shape index (κ1) is 6.01. The molecule has 1 N–H and O–H groups in total. The molecule has 43 valence electrons. The Labute approximate surface area is 56.5 Å². The molecule has 0 saturated carbocycles. The van der Waals surface area contributed by atoms with E-state index in [9.17, 15) is 4.79 Å². The zero-order valence-electron chi connectivity index (χ0n) is 4.51. The van der Waals surface area contributed by atoms with E-state index in [0.717, 1.165) is 0 Å². The molecule has 4 heteroatoms. The van der Waals surface area contributed by atoms with Crippen LogP contribution in [0, 0.1) is 0 Å². The summed E-state index contributed by atoms with van der Waals surface area (Å²) in [6.45, 7) is 0.642. The molecule has 1 aliphatic heterocycles. The standard InChI is InChI=1S/C4H6N2O.V/c1-6-3-5-2-4(6)7;/h5H,3H2,1H3;. The van der Waals surface area contributed by atoms with Gasteiger partial charge in [0.1, 0.15) is 0 Å². The summed E-state index contributed by atoms with van der Waals surface area (Å²) < 4.78 is 0.681. The molecule has 0 spiro atoms. The van der Waals surface area contributed by atoms with Gasteiger partial charge in [0.15, 0.2) is 0 Å². The number of rotatable bonds is 0. The summed E-state index contributed by atoms with van der Waals surface area (Å²) in [6, 6.07) is 0. The SMILES string of the molecule is CN1CN[C](=[V])C1=O. The van der Waals surface area contributed by atoms with Crippen molar-refractivity contribution in [1.82, 2.24) is 10.2 Å². The minimum atomic E-state index is 0.0741. The molecule has 0 atom stereocenters. The van der Waals surface area contributed by atoms with Gasteiger partial charge >= 0.3 is 56.0 Å². The van der Waals surface area contributed by atoms with Crippen LogP contribution >= 0.6 is 0 Å². The van der Waals surface area contributed by atoms with Crippen molar-refractivity contribution in [3.05, 3.63) is 0 Å². The second-order valence-electron chi connectivity index (χ2n) is 1.69. The van der Waals surface area contributed by atoms with Crippen LogP contribution in [0.5, 0.6) is 0 Å². The molecule has 1 rings (SSSR count). The second-order valence-corrected chi connectivity index (χ2v) is 2.38. The maximum absolute atomic E-state index is 10.7. The minimum absolute atomic E-state index is 0.0741. The molecule has 3 nitrogen and oxygen atoms in total. The van der Waals surface area contributed by atoms with Crippen LogP contribution < -0.4 is 5.32 Å². The Kier molecular flexibility index (Phi) is 1.51. The zero-order valence-corrected chi connectivity index (χ0v) is 5.91. The van der Waals surface area contributed by atoms with Crippen molar-refractivity contribution in [1.29, 1.82) is 0 Å². The Morgan fingerprint density at radius 3 is 2.62 bits per heavy atom. The number of nitrogens with one attached hydrogen (secondary N) is 1. The second kappa shape index (κ2) is 2.01. The van der Waals surface area contributed by atoms with Crippen LogP contribution in [0.15, 0.2) is 0 Å². The molecular formula is C4H6N2OV. The normalized spacial score (nSPS) is 20.2. The predicted molar refractivity (Wildman–Crippen MR) is 25.8 cm³/mol. The van der Waals surface area contributed by atoms with Crippen molar-refractivity contribution < 1.29 is 21.8 Å². The fourth-order valence-electron chi connectivity index (χ4n) is 0.522. The quantitative estimate of drug-likeness (QED) is 0.463. The van der Waals surface area contributed by atoms with Gasteiger partial charge in [-0.1, -0.05) is 0 Å². The summed E-state index contributed by atoms with van der Waals surface area (Å²) in [5, 5.41) is 2.88. The van der Waals surface area contributed by atoms with Crippen molar-refractivity contribution in [3.63, 3.8) is 0 Å². The third kappa shape index (κ3) is 0.846. The number of hydrogen-bond donors (Lipinski definition) is 1. The third-order valence-corrected chi connectivity index (χ3v) is 1.58. The summed E-state index contributed by atoms with van der Waals surface area (Å²) in [5.74, 6) is 0.0741. The first-order valence-corrected chi connectivity index (χ1v) is 2.97. The Morgan fingerprint density at radius 1 is 1.88 bits per heavy atom. The van der Waals surface area contributed by atoms with E-state index in [1.165, 1.54) is 0 Å². The third-order valence-electron chi connectivity index (χ3n) is 1.03. The molecule has 0 radical (unpaired) electrons. The van der Waals surface area contributed by atoms with Crippen molar-refractivity contribution in [3.8, 4) is 0 Å². The van der Waals surface area contributed by atoms with Crippen LogP contribution in [0.4, 0.5) is 0 Å². The number of amides is 1. The van der Waals surface area contributed by atoms with Gasteiger partial charge in [-0.2, -0.15) is 0 Å². The van der Waals surface area contributed by atoms with Gasteiger partial charge in [-0.05, 0) is 0 Å². The van der Waals surface area contributed by atoms with Crippen LogP contribution in [0.2, 0.25) is 0 Å². The molecule has 0 unspecified atom stereocenters. The van der Waals surface area contributed by atoms with Gasteiger partial charge in [0.2, 0.25) is 0 Å². The van der Waals surface area contributed by atoms with Crippen LogP contribution in [-0.4, -0.2) is 28.9 Å². The molecule has 8 heavy (non-hydrogen) atoms. The molecule has 1 fully saturated rings. The van der Waals surface area contributed by atoms with Crippen molar-refractivity contribution in [2.75, 3.05) is 13.7 Å². The first-order chi connectivity index (χ1) is 3.72. The molecule has 1 saturated heterocycles. The Morgan fingerprint density at radius 2 is 2.50 bits per heavy atom. The average molecular weight is 149 g/mol. The van der Waals surface area contributed by atoms with Gasteiger partial charge in [-0.15, -0.1) is 0 Å². The number of nitrogens with zero attached hydrogens (tertiary/aromatic N) is 1. The number of carbonyl (C=O) groups is 1. The van der Waals surface area contributed by atoms with E-state index in [-0.39, 0.29) is 5.91 Å². The molecule has 0 aromatic rings. The summed E-state index contributed by atoms with van der Waals surface area (Å²) in [4.78, 5) is 12.3. The predicted octanol–water partition coefficient (Wildman–Crippen LogP) is -1.32. The van der Waals surface area contributed by atoms with Gasteiger partial charge in [-0.3, -0.25) is 0 Å². The van der Waals surface area contributed by atoms with Crippen LogP contribution in [0.3, 0.4) is 0 Å². The topological polar surface area (TPSA) is 32.3 Å². The van der Waals surface area contributed by atoms with E-state index in [0.29, 0.717) is 11.0 Å². The average Bonchev–Trinajstić information content (AvgIpc) is 1.98. The van der Waals surface area contributed by atoms with E-state index in [2.05, 4.69) is 22.3 Å². The van der Waals surface area contributed by atoms with E-state index < -0.39 is 0 Å². The molecule has 0 aromatic carbocycles. The van der Waals surface area contributed by atoms with Crippen LogP contribution in [-0.2, 0) is 21.8 Å². The van der Waals surface area contributed by atoms with Crippen molar-refractivity contribution in [2.24, 2.45) is 0 Å². The molecular weight excluding hydrogens is 143 g/mol. The summed E-state index contributed by atoms with van der Waals surface area (Å²) in [7, 11) is 1.76. The fourth-order valence-corrected chi connectivity index (χ4v) is 0.899. The number of hydrogen-bond acceptors (Lipinski definition) is 2. The Balaban J connectivity index is 2.71. The Hall–Kier alpha value is -0.116. The Bertz CT molecular complexity index is 145. The first-order valence-electron chi connectivity index (χ1n) is 2.27. The molecule has 0 aliphatic carbocycles. The van der Waals surface area contributed by atoms with E-state index in [1.807, 2.05) is 0 Å². The summed E-state index contributed by atoms with van der Waals surface area (Å²) in [6.07, 6.45) is 0. The van der Waals surface area contributed by atoms with Gasteiger partial charge in [0.05, 0.1) is 0 Å². The van der Waals surface area contributed by atoms with Gasteiger partial charge in [0.25, 0.3) is 0 Å². The maximum atomic E-state index is 10.7. The molecule has 1 amide bonds. The van der Waals surface area contributed by atoms with E-state index in [1.54, 1.807) is 11.9 Å². The molecule has 0 aromatic heterocycles. The van der Waals surface area contributed by atoms with Gasteiger partial charge < -0.3 is 0 Å². The zero-order chi connectivity index (χ0) is 6.15. The van der Waals surface area contributed by atoms with Crippen LogP contribution in [0.1, 0.15) is 0 Å². The molecule has 1 heterocycles. The van der Waals surface area contributed by atoms with Gasteiger partial charge in [0, 0.05) is 0 Å². The number of likely N-dealkylation sites (N-methyl/N-ethyl adjacent to an activating group) is 1. The fraction of sp³-hybridized carbons (Fsp3) is 0.500.